The van der Waals surface area contributed by atoms with Gasteiger partial charge in [-0.15, -0.1) is 16.4 Å². The summed E-state index contributed by atoms with van der Waals surface area (Å²) in [5, 5.41) is 6.73. The Kier molecular flexibility index (Phi) is 3.32. The molecule has 2 aromatic rings. The predicted molar refractivity (Wildman–Crippen MR) is 76.2 cm³/mol. The van der Waals surface area contributed by atoms with E-state index in [9.17, 15) is 0 Å². The highest BCUT2D eigenvalue weighted by atomic mass is 32.1. The summed E-state index contributed by atoms with van der Waals surface area (Å²) >= 11 is 7.16. The zero-order chi connectivity index (χ0) is 12.5. The molecule has 1 fully saturated rings. The normalized spacial score (nSPS) is 16.5. The highest BCUT2D eigenvalue weighted by Crippen LogP contribution is 2.23. The molecule has 96 valence electrons. The van der Waals surface area contributed by atoms with Gasteiger partial charge in [0.05, 0.1) is 11.5 Å². The highest BCUT2D eigenvalue weighted by molar-refractivity contribution is 7.71. The van der Waals surface area contributed by atoms with Gasteiger partial charge in [0.25, 0.3) is 0 Å². The van der Waals surface area contributed by atoms with Crippen LogP contribution in [0.15, 0.2) is 17.5 Å². The second-order valence-corrected chi connectivity index (χ2v) is 5.92. The first-order valence-corrected chi connectivity index (χ1v) is 7.44. The summed E-state index contributed by atoms with van der Waals surface area (Å²) in [5.41, 5.74) is 0. The number of hydrogen-bond donors (Lipinski definition) is 0. The largest absolute Gasteiger partial charge is 0.302 e. The van der Waals surface area contributed by atoms with Crippen LogP contribution in [-0.4, -0.2) is 32.3 Å². The van der Waals surface area contributed by atoms with Gasteiger partial charge >= 0.3 is 0 Å². The Morgan fingerprint density at radius 1 is 1.39 bits per heavy atom. The van der Waals surface area contributed by atoms with Crippen LogP contribution in [-0.2, 0) is 13.7 Å². The zero-order valence-electron chi connectivity index (χ0n) is 10.4. The molecule has 0 amide bonds. The third kappa shape index (κ3) is 2.15. The minimum absolute atomic E-state index is 0.797. The summed E-state index contributed by atoms with van der Waals surface area (Å²) in [7, 11) is 1.99. The predicted octanol–water partition coefficient (Wildman–Crippen LogP) is 2.73. The Hall–Kier alpha value is -0.980. The smallest absolute Gasteiger partial charge is 0.199 e. The zero-order valence-corrected chi connectivity index (χ0v) is 12.0. The lowest BCUT2D eigenvalue weighted by Gasteiger charge is -2.13. The van der Waals surface area contributed by atoms with Gasteiger partial charge in [-0.1, -0.05) is 6.07 Å². The molecule has 0 atom stereocenters. The van der Waals surface area contributed by atoms with Crippen LogP contribution < -0.4 is 0 Å². The molecule has 0 aromatic carbocycles. The van der Waals surface area contributed by atoms with Gasteiger partial charge < -0.3 is 4.57 Å². The summed E-state index contributed by atoms with van der Waals surface area (Å²) in [6, 6.07) is 4.13. The van der Waals surface area contributed by atoms with Crippen molar-refractivity contribution in [3.63, 3.8) is 0 Å². The van der Waals surface area contributed by atoms with Crippen molar-refractivity contribution in [2.45, 2.75) is 19.5 Å². The van der Waals surface area contributed by atoms with Crippen molar-refractivity contribution in [2.75, 3.05) is 13.1 Å². The van der Waals surface area contributed by atoms with Crippen LogP contribution >= 0.6 is 23.6 Å². The minimum atomic E-state index is 0.797. The van der Waals surface area contributed by atoms with Gasteiger partial charge in [0.15, 0.2) is 10.6 Å². The molecule has 1 aliphatic heterocycles. The van der Waals surface area contributed by atoms with Crippen LogP contribution in [0.5, 0.6) is 0 Å². The Bertz CT molecular complexity index is 576. The molecule has 0 N–H and O–H groups in total. The van der Waals surface area contributed by atoms with Crippen LogP contribution in [0.3, 0.4) is 0 Å². The molecule has 3 rings (SSSR count). The third-order valence-electron chi connectivity index (χ3n) is 3.32. The Balaban J connectivity index is 1.91. The van der Waals surface area contributed by atoms with Gasteiger partial charge in [0.2, 0.25) is 0 Å². The number of hydrogen-bond acceptors (Lipinski definition) is 4. The third-order valence-corrected chi connectivity index (χ3v) is 4.67. The molecular formula is C12H16N4S2. The average molecular weight is 280 g/mol. The molecule has 0 saturated carbocycles. The van der Waals surface area contributed by atoms with Gasteiger partial charge in [-0.2, -0.15) is 0 Å². The van der Waals surface area contributed by atoms with E-state index in [1.54, 1.807) is 11.3 Å². The molecule has 18 heavy (non-hydrogen) atoms. The van der Waals surface area contributed by atoms with E-state index in [0.29, 0.717) is 0 Å². The van der Waals surface area contributed by atoms with Crippen molar-refractivity contribution < 1.29 is 0 Å². The fourth-order valence-corrected chi connectivity index (χ4v) is 3.24. The van der Waals surface area contributed by atoms with E-state index in [0.717, 1.165) is 30.4 Å². The Morgan fingerprint density at radius 2 is 2.17 bits per heavy atom. The molecule has 1 aliphatic rings. The average Bonchev–Trinajstić information content (AvgIpc) is 3.07. The van der Waals surface area contributed by atoms with Crippen molar-refractivity contribution in [3.05, 3.63) is 22.3 Å². The first-order chi connectivity index (χ1) is 8.75. The minimum Gasteiger partial charge on any atom is -0.302 e. The Morgan fingerprint density at radius 3 is 2.83 bits per heavy atom. The number of rotatable bonds is 3. The van der Waals surface area contributed by atoms with Gasteiger partial charge in [-0.3, -0.25) is 4.90 Å². The summed E-state index contributed by atoms with van der Waals surface area (Å²) in [4.78, 5) is 3.57. The maximum Gasteiger partial charge on any atom is 0.199 e. The highest BCUT2D eigenvalue weighted by Gasteiger charge is 2.15. The van der Waals surface area contributed by atoms with E-state index in [-0.39, 0.29) is 0 Å². The van der Waals surface area contributed by atoms with Crippen molar-refractivity contribution in [1.82, 2.24) is 19.2 Å². The van der Waals surface area contributed by atoms with Crippen LogP contribution in [0.4, 0.5) is 0 Å². The first kappa shape index (κ1) is 12.1. The number of thiophene rings is 1. The lowest BCUT2D eigenvalue weighted by Crippen LogP contribution is -2.23. The topological polar surface area (TPSA) is 26.0 Å². The summed E-state index contributed by atoms with van der Waals surface area (Å²) in [6.07, 6.45) is 2.58. The number of likely N-dealkylation sites (tertiary alicyclic amines) is 1. The van der Waals surface area contributed by atoms with Gasteiger partial charge in [-0.25, -0.2) is 4.68 Å². The Labute approximate surface area is 115 Å². The number of nitrogens with zero attached hydrogens (tertiary/aromatic N) is 4. The van der Waals surface area contributed by atoms with E-state index in [1.165, 1.54) is 17.7 Å². The molecule has 2 aromatic heterocycles. The summed E-state index contributed by atoms with van der Waals surface area (Å²) < 4.78 is 4.73. The number of aromatic nitrogens is 3. The molecule has 0 aliphatic carbocycles. The van der Waals surface area contributed by atoms with Crippen LogP contribution in [0.2, 0.25) is 0 Å². The van der Waals surface area contributed by atoms with Crippen molar-refractivity contribution in [2.24, 2.45) is 7.05 Å². The summed E-state index contributed by atoms with van der Waals surface area (Å²) in [6.45, 7) is 3.14. The fourth-order valence-electron chi connectivity index (χ4n) is 2.31. The maximum atomic E-state index is 5.46. The van der Waals surface area contributed by atoms with E-state index in [4.69, 9.17) is 12.2 Å². The van der Waals surface area contributed by atoms with Crippen LogP contribution in [0.25, 0.3) is 10.7 Å². The summed E-state index contributed by atoms with van der Waals surface area (Å²) in [5.74, 6) is 0.967. The van der Waals surface area contributed by atoms with Crippen LogP contribution in [0.1, 0.15) is 12.8 Å². The molecule has 0 bridgehead atoms. The molecule has 6 heteroatoms. The molecule has 4 nitrogen and oxygen atoms in total. The van der Waals surface area contributed by atoms with Gasteiger partial charge in [-0.05, 0) is 49.6 Å². The second-order valence-electron chi connectivity index (χ2n) is 4.61. The quantitative estimate of drug-likeness (QED) is 0.809. The second kappa shape index (κ2) is 4.95. The first-order valence-electron chi connectivity index (χ1n) is 6.16. The van der Waals surface area contributed by atoms with Crippen LogP contribution in [0, 0.1) is 4.77 Å². The van der Waals surface area contributed by atoms with E-state index < -0.39 is 0 Å². The molecule has 1 saturated heterocycles. The fraction of sp³-hybridized carbons (Fsp3) is 0.500. The lowest BCUT2D eigenvalue weighted by atomic mass is 10.4. The van der Waals surface area contributed by atoms with E-state index in [2.05, 4.69) is 21.4 Å². The van der Waals surface area contributed by atoms with Gasteiger partial charge in [0.1, 0.15) is 0 Å². The van der Waals surface area contributed by atoms with E-state index in [1.807, 2.05) is 22.4 Å². The maximum absolute atomic E-state index is 5.46. The molecule has 3 heterocycles. The van der Waals surface area contributed by atoms with Crippen molar-refractivity contribution in [3.8, 4) is 10.7 Å². The molecule has 0 spiro atoms. The standard InChI is InChI=1S/C12H16N4S2/c1-14-11(10-5-4-8-18-10)13-16(12(14)17)9-15-6-2-3-7-15/h4-5,8H,2-3,6-7,9H2,1H3. The van der Waals surface area contributed by atoms with Crippen molar-refractivity contribution >= 4 is 23.6 Å². The molecule has 0 radical (unpaired) electrons. The SMILES string of the molecule is Cn1c(-c2cccs2)nn(CN2CCCC2)c1=S. The van der Waals surface area contributed by atoms with E-state index >= 15 is 0 Å². The van der Waals surface area contributed by atoms with Crippen molar-refractivity contribution in [1.29, 1.82) is 0 Å². The molecule has 0 unspecified atom stereocenters. The molecular weight excluding hydrogens is 264 g/mol. The monoisotopic (exact) mass is 280 g/mol. The lowest BCUT2D eigenvalue weighted by molar-refractivity contribution is 0.253. The van der Waals surface area contributed by atoms with Gasteiger partial charge in [0, 0.05) is 7.05 Å².